The largest absolute Gasteiger partial charge is 0.502 e. The molecule has 0 unspecified atom stereocenters. The number of aromatic hydroxyl groups is 1. The molecule has 0 spiro atoms. The van der Waals surface area contributed by atoms with E-state index in [0.717, 1.165) is 5.52 Å². The van der Waals surface area contributed by atoms with E-state index in [9.17, 15) is 9.90 Å². The standard InChI is InChI=1S/C15H10O3.C9H7N/c16-13-11-8-4-5-9-12(11)18-15(14(13)17)10-6-2-1-3-7-10;1-2-6-9-8(4-1)5-3-7-10-9/h1-9,17H;1-7H. The van der Waals surface area contributed by atoms with E-state index in [1.807, 2.05) is 48.7 Å². The number of pyridine rings is 1. The number of rotatable bonds is 1. The first kappa shape index (κ1) is 17.5. The van der Waals surface area contributed by atoms with Gasteiger partial charge in [-0.15, -0.1) is 0 Å². The maximum atomic E-state index is 12.0. The van der Waals surface area contributed by atoms with Crippen LogP contribution in [0.4, 0.5) is 0 Å². The average Bonchev–Trinajstić information content (AvgIpc) is 2.77. The molecule has 2 heterocycles. The van der Waals surface area contributed by atoms with Crippen LogP contribution in [0, 0.1) is 0 Å². The van der Waals surface area contributed by atoms with E-state index >= 15 is 0 Å². The lowest BCUT2D eigenvalue weighted by Crippen LogP contribution is -2.02. The second-order valence-electron chi connectivity index (χ2n) is 6.17. The first-order chi connectivity index (χ1) is 13.7. The van der Waals surface area contributed by atoms with Crippen LogP contribution in [0.1, 0.15) is 0 Å². The second kappa shape index (κ2) is 7.76. The smallest absolute Gasteiger partial charge is 0.235 e. The van der Waals surface area contributed by atoms with E-state index < -0.39 is 5.43 Å². The van der Waals surface area contributed by atoms with Gasteiger partial charge in [-0.2, -0.15) is 0 Å². The topological polar surface area (TPSA) is 63.3 Å². The van der Waals surface area contributed by atoms with Crippen molar-refractivity contribution in [2.45, 2.75) is 0 Å². The number of benzene rings is 3. The van der Waals surface area contributed by atoms with Gasteiger partial charge in [0.1, 0.15) is 5.58 Å². The fraction of sp³-hybridized carbons (Fsp3) is 0. The summed E-state index contributed by atoms with van der Waals surface area (Å²) in [6, 6.07) is 28.0. The molecule has 0 aliphatic heterocycles. The number of para-hydroxylation sites is 2. The van der Waals surface area contributed by atoms with Crippen molar-refractivity contribution in [3.63, 3.8) is 0 Å². The maximum Gasteiger partial charge on any atom is 0.235 e. The Morgan fingerprint density at radius 3 is 2.25 bits per heavy atom. The quantitative estimate of drug-likeness (QED) is 0.431. The van der Waals surface area contributed by atoms with Gasteiger partial charge in [-0.3, -0.25) is 9.78 Å². The molecule has 0 saturated carbocycles. The van der Waals surface area contributed by atoms with Crippen LogP contribution < -0.4 is 5.43 Å². The van der Waals surface area contributed by atoms with Crippen molar-refractivity contribution in [2.24, 2.45) is 0 Å². The Labute approximate surface area is 161 Å². The fourth-order valence-corrected chi connectivity index (χ4v) is 2.93. The minimum absolute atomic E-state index is 0.208. The molecule has 0 atom stereocenters. The summed E-state index contributed by atoms with van der Waals surface area (Å²) in [6.07, 6.45) is 1.81. The van der Waals surface area contributed by atoms with Gasteiger partial charge in [0.05, 0.1) is 10.9 Å². The van der Waals surface area contributed by atoms with E-state index in [2.05, 4.69) is 17.1 Å². The lowest BCUT2D eigenvalue weighted by Gasteiger charge is -2.05. The normalized spacial score (nSPS) is 10.4. The molecule has 0 aliphatic carbocycles. The highest BCUT2D eigenvalue weighted by molar-refractivity contribution is 5.81. The van der Waals surface area contributed by atoms with E-state index in [-0.39, 0.29) is 11.5 Å². The van der Waals surface area contributed by atoms with Crippen molar-refractivity contribution >= 4 is 21.9 Å². The molecule has 0 aliphatic rings. The minimum atomic E-state index is -0.407. The molecule has 5 aromatic rings. The first-order valence-electron chi connectivity index (χ1n) is 8.84. The first-order valence-corrected chi connectivity index (χ1v) is 8.84. The number of hydrogen-bond acceptors (Lipinski definition) is 4. The Hall–Kier alpha value is -3.92. The highest BCUT2D eigenvalue weighted by Crippen LogP contribution is 2.29. The Bertz CT molecular complexity index is 1230. The summed E-state index contributed by atoms with van der Waals surface area (Å²) < 4.78 is 5.61. The second-order valence-corrected chi connectivity index (χ2v) is 6.17. The molecule has 0 fully saturated rings. The molecule has 0 radical (unpaired) electrons. The van der Waals surface area contributed by atoms with Crippen molar-refractivity contribution in [1.82, 2.24) is 4.98 Å². The zero-order valence-electron chi connectivity index (χ0n) is 14.9. The Morgan fingerprint density at radius 1 is 0.750 bits per heavy atom. The van der Waals surface area contributed by atoms with E-state index in [0.29, 0.717) is 16.5 Å². The van der Waals surface area contributed by atoms with Crippen LogP contribution in [0.5, 0.6) is 5.75 Å². The summed E-state index contributed by atoms with van der Waals surface area (Å²) in [5, 5.41) is 11.5. The van der Waals surface area contributed by atoms with Crippen LogP contribution in [-0.2, 0) is 0 Å². The Morgan fingerprint density at radius 2 is 1.43 bits per heavy atom. The molecule has 4 heteroatoms. The molecule has 0 bridgehead atoms. The summed E-state index contributed by atoms with van der Waals surface area (Å²) in [7, 11) is 0. The van der Waals surface area contributed by atoms with Crippen LogP contribution in [0.2, 0.25) is 0 Å². The van der Waals surface area contributed by atoms with Crippen LogP contribution in [0.3, 0.4) is 0 Å². The van der Waals surface area contributed by atoms with Gasteiger partial charge in [0.15, 0.2) is 5.76 Å². The van der Waals surface area contributed by atoms with E-state index in [1.165, 1.54) is 5.39 Å². The molecular formula is C24H17NO3. The van der Waals surface area contributed by atoms with Crippen LogP contribution >= 0.6 is 0 Å². The molecule has 0 saturated heterocycles. The highest BCUT2D eigenvalue weighted by Gasteiger charge is 2.14. The van der Waals surface area contributed by atoms with Gasteiger partial charge < -0.3 is 9.52 Å². The van der Waals surface area contributed by atoms with Crippen molar-refractivity contribution in [3.05, 3.63) is 107 Å². The number of aromatic nitrogens is 1. The SMILES string of the molecule is O=c1c(O)c(-c2ccccc2)oc2ccccc12.c1ccc2ncccc2c1. The lowest BCUT2D eigenvalue weighted by atomic mass is 10.1. The molecule has 1 N–H and O–H groups in total. The third-order valence-electron chi connectivity index (χ3n) is 4.32. The average molecular weight is 367 g/mol. The van der Waals surface area contributed by atoms with Crippen molar-refractivity contribution < 1.29 is 9.52 Å². The highest BCUT2D eigenvalue weighted by atomic mass is 16.4. The molecule has 3 aromatic carbocycles. The van der Waals surface area contributed by atoms with Gasteiger partial charge in [-0.25, -0.2) is 0 Å². The zero-order valence-corrected chi connectivity index (χ0v) is 14.9. The molecule has 2 aromatic heterocycles. The number of fused-ring (bicyclic) bond motifs is 2. The zero-order chi connectivity index (χ0) is 19.3. The Kier molecular flexibility index (Phi) is 4.85. The third-order valence-corrected chi connectivity index (χ3v) is 4.32. The number of hydrogen-bond donors (Lipinski definition) is 1. The van der Waals surface area contributed by atoms with Gasteiger partial charge >= 0.3 is 0 Å². The van der Waals surface area contributed by atoms with Gasteiger partial charge in [0, 0.05) is 17.1 Å². The van der Waals surface area contributed by atoms with Gasteiger partial charge in [-0.05, 0) is 24.3 Å². The van der Waals surface area contributed by atoms with Crippen molar-refractivity contribution in [2.75, 3.05) is 0 Å². The monoisotopic (exact) mass is 367 g/mol. The third kappa shape index (κ3) is 3.48. The maximum absolute atomic E-state index is 12.0. The number of nitrogens with zero attached hydrogens (tertiary/aromatic N) is 1. The van der Waals surface area contributed by atoms with Crippen molar-refractivity contribution in [3.8, 4) is 17.1 Å². The van der Waals surface area contributed by atoms with Gasteiger partial charge in [0.25, 0.3) is 0 Å². The molecule has 4 nitrogen and oxygen atoms in total. The molecule has 136 valence electrons. The molecular weight excluding hydrogens is 350 g/mol. The predicted octanol–water partition coefficient (Wildman–Crippen LogP) is 5.40. The summed E-state index contributed by atoms with van der Waals surface area (Å²) in [4.78, 5) is 16.2. The van der Waals surface area contributed by atoms with E-state index in [1.54, 1.807) is 36.4 Å². The van der Waals surface area contributed by atoms with Crippen LogP contribution in [0.25, 0.3) is 33.2 Å². The van der Waals surface area contributed by atoms with E-state index in [4.69, 9.17) is 4.42 Å². The van der Waals surface area contributed by atoms with Crippen molar-refractivity contribution in [1.29, 1.82) is 0 Å². The Balaban J connectivity index is 0.000000162. The van der Waals surface area contributed by atoms with Crippen LogP contribution in [-0.4, -0.2) is 10.1 Å². The van der Waals surface area contributed by atoms with Crippen LogP contribution in [0.15, 0.2) is 106 Å². The molecule has 0 amide bonds. The van der Waals surface area contributed by atoms with Gasteiger partial charge in [0.2, 0.25) is 11.2 Å². The summed E-state index contributed by atoms with van der Waals surface area (Å²) in [5.41, 5.74) is 1.80. The lowest BCUT2D eigenvalue weighted by molar-refractivity contribution is 0.449. The minimum Gasteiger partial charge on any atom is -0.502 e. The summed E-state index contributed by atoms with van der Waals surface area (Å²) in [5.74, 6) is -0.140. The summed E-state index contributed by atoms with van der Waals surface area (Å²) >= 11 is 0. The summed E-state index contributed by atoms with van der Waals surface area (Å²) in [6.45, 7) is 0. The predicted molar refractivity (Wildman–Crippen MR) is 111 cm³/mol. The fourth-order valence-electron chi connectivity index (χ4n) is 2.93. The molecule has 5 rings (SSSR count). The van der Waals surface area contributed by atoms with Gasteiger partial charge in [-0.1, -0.05) is 66.7 Å². The molecule has 28 heavy (non-hydrogen) atoms.